The summed E-state index contributed by atoms with van der Waals surface area (Å²) < 4.78 is 0. The molecule has 1 fully saturated rings. The molecule has 2 amide bonds. The molecule has 0 bridgehead atoms. The predicted molar refractivity (Wildman–Crippen MR) is 83.4 cm³/mol. The minimum absolute atomic E-state index is 0.114. The first-order valence-corrected chi connectivity index (χ1v) is 7.08. The lowest BCUT2D eigenvalue weighted by atomic mass is 10.1. The first-order valence-electron chi connectivity index (χ1n) is 7.08. The summed E-state index contributed by atoms with van der Waals surface area (Å²) in [5, 5.41) is 5.92. The first kappa shape index (κ1) is 14.7. The van der Waals surface area contributed by atoms with Gasteiger partial charge < -0.3 is 20.4 Å². The molecule has 5 nitrogen and oxygen atoms in total. The Balaban J connectivity index is 1.82. The summed E-state index contributed by atoms with van der Waals surface area (Å²) in [6, 6.07) is 7.99. The Morgan fingerprint density at radius 3 is 2.35 bits per heavy atom. The van der Waals surface area contributed by atoms with Crippen LogP contribution in [0.15, 0.2) is 24.3 Å². The largest absolute Gasteiger partial charge is 0.378 e. The van der Waals surface area contributed by atoms with Gasteiger partial charge in [-0.3, -0.25) is 0 Å². The van der Waals surface area contributed by atoms with E-state index in [9.17, 15) is 4.79 Å². The van der Waals surface area contributed by atoms with Crippen LogP contribution in [0.5, 0.6) is 0 Å². The van der Waals surface area contributed by atoms with Crippen LogP contribution in [0, 0.1) is 0 Å². The molecule has 1 aliphatic heterocycles. The number of nitrogens with zero attached hydrogens (tertiary/aromatic N) is 2. The van der Waals surface area contributed by atoms with Gasteiger partial charge >= 0.3 is 6.03 Å². The van der Waals surface area contributed by atoms with Crippen molar-refractivity contribution in [3.05, 3.63) is 24.3 Å². The summed E-state index contributed by atoms with van der Waals surface area (Å²) in [7, 11) is 6.10. The number of amides is 2. The molecule has 1 heterocycles. The molecule has 1 saturated heterocycles. The summed E-state index contributed by atoms with van der Waals surface area (Å²) in [4.78, 5) is 16.3. The fourth-order valence-corrected chi connectivity index (χ4v) is 2.35. The molecule has 2 rings (SSSR count). The number of likely N-dealkylation sites (tertiary alicyclic amines) is 1. The third-order valence-electron chi connectivity index (χ3n) is 3.70. The van der Waals surface area contributed by atoms with Crippen molar-refractivity contribution in [1.82, 2.24) is 10.2 Å². The van der Waals surface area contributed by atoms with Crippen molar-refractivity contribution in [2.75, 3.05) is 44.4 Å². The fraction of sp³-hybridized carbons (Fsp3) is 0.533. The zero-order valence-corrected chi connectivity index (χ0v) is 12.5. The quantitative estimate of drug-likeness (QED) is 0.887. The van der Waals surface area contributed by atoms with Gasteiger partial charge in [0.25, 0.3) is 0 Å². The molecule has 0 aromatic heterocycles. The van der Waals surface area contributed by atoms with Gasteiger partial charge in [-0.1, -0.05) is 0 Å². The number of hydrogen-bond acceptors (Lipinski definition) is 3. The van der Waals surface area contributed by atoms with Crippen LogP contribution in [-0.4, -0.2) is 51.2 Å². The van der Waals surface area contributed by atoms with E-state index in [1.54, 1.807) is 0 Å². The third kappa shape index (κ3) is 4.13. The molecule has 20 heavy (non-hydrogen) atoms. The van der Waals surface area contributed by atoms with E-state index in [1.807, 2.05) is 43.3 Å². The van der Waals surface area contributed by atoms with Crippen molar-refractivity contribution in [2.24, 2.45) is 0 Å². The molecule has 0 atom stereocenters. The molecule has 0 spiro atoms. The molecule has 1 aromatic rings. The van der Waals surface area contributed by atoms with E-state index in [-0.39, 0.29) is 12.1 Å². The topological polar surface area (TPSA) is 47.6 Å². The van der Waals surface area contributed by atoms with Crippen molar-refractivity contribution < 1.29 is 4.79 Å². The summed E-state index contributed by atoms with van der Waals surface area (Å²) in [5.74, 6) is 0. The van der Waals surface area contributed by atoms with Gasteiger partial charge in [-0.25, -0.2) is 4.79 Å². The standard InChI is InChI=1S/C15H24N4O/c1-18(2)14-6-4-12(5-7-14)16-15(20)17-13-8-10-19(3)11-9-13/h4-7,13H,8-11H2,1-3H3,(H2,16,17,20). The number of hydrogen-bond donors (Lipinski definition) is 2. The Morgan fingerprint density at radius 1 is 1.20 bits per heavy atom. The number of rotatable bonds is 3. The molecule has 0 aliphatic carbocycles. The lowest BCUT2D eigenvalue weighted by Gasteiger charge is -2.29. The third-order valence-corrected chi connectivity index (χ3v) is 3.70. The molecule has 2 N–H and O–H groups in total. The second-order valence-corrected chi connectivity index (χ2v) is 5.62. The van der Waals surface area contributed by atoms with Gasteiger partial charge in [-0.2, -0.15) is 0 Å². The Bertz CT molecular complexity index is 436. The Kier molecular flexibility index (Phi) is 4.84. The Morgan fingerprint density at radius 2 is 1.80 bits per heavy atom. The number of carbonyl (C=O) groups is 1. The van der Waals surface area contributed by atoms with E-state index in [2.05, 4.69) is 22.6 Å². The lowest BCUT2D eigenvalue weighted by molar-refractivity contribution is 0.221. The van der Waals surface area contributed by atoms with Crippen molar-refractivity contribution in [3.8, 4) is 0 Å². The van der Waals surface area contributed by atoms with Gasteiger partial charge in [0.05, 0.1) is 0 Å². The van der Waals surface area contributed by atoms with E-state index in [0.717, 1.165) is 37.3 Å². The molecular weight excluding hydrogens is 252 g/mol. The number of piperidine rings is 1. The summed E-state index contributed by atoms with van der Waals surface area (Å²) >= 11 is 0. The minimum atomic E-state index is -0.114. The summed E-state index contributed by atoms with van der Waals surface area (Å²) in [6.07, 6.45) is 2.03. The normalized spacial score (nSPS) is 16.8. The highest BCUT2D eigenvalue weighted by molar-refractivity contribution is 5.89. The van der Waals surface area contributed by atoms with Crippen LogP contribution in [-0.2, 0) is 0 Å². The molecule has 1 aromatic carbocycles. The van der Waals surface area contributed by atoms with E-state index in [0.29, 0.717) is 0 Å². The molecule has 0 radical (unpaired) electrons. The summed E-state index contributed by atoms with van der Waals surface area (Å²) in [6.45, 7) is 2.09. The second kappa shape index (κ2) is 6.61. The van der Waals surface area contributed by atoms with Crippen molar-refractivity contribution in [1.29, 1.82) is 0 Å². The van der Waals surface area contributed by atoms with E-state index < -0.39 is 0 Å². The molecule has 110 valence electrons. The van der Waals surface area contributed by atoms with Gasteiger partial charge in [-0.15, -0.1) is 0 Å². The van der Waals surface area contributed by atoms with Crippen LogP contribution < -0.4 is 15.5 Å². The number of carbonyl (C=O) groups excluding carboxylic acids is 1. The highest BCUT2D eigenvalue weighted by Gasteiger charge is 2.18. The smallest absolute Gasteiger partial charge is 0.319 e. The van der Waals surface area contributed by atoms with Crippen molar-refractivity contribution in [2.45, 2.75) is 18.9 Å². The minimum Gasteiger partial charge on any atom is -0.378 e. The molecular formula is C15H24N4O. The monoisotopic (exact) mass is 276 g/mol. The molecule has 1 aliphatic rings. The lowest BCUT2D eigenvalue weighted by Crippen LogP contribution is -2.44. The van der Waals surface area contributed by atoms with Gasteiger partial charge in [0.15, 0.2) is 0 Å². The van der Waals surface area contributed by atoms with E-state index in [4.69, 9.17) is 0 Å². The van der Waals surface area contributed by atoms with Gasteiger partial charge in [0, 0.05) is 31.5 Å². The highest BCUT2D eigenvalue weighted by atomic mass is 16.2. The number of benzene rings is 1. The maximum Gasteiger partial charge on any atom is 0.319 e. The maximum atomic E-state index is 11.9. The predicted octanol–water partition coefficient (Wildman–Crippen LogP) is 1.97. The zero-order chi connectivity index (χ0) is 14.5. The fourth-order valence-electron chi connectivity index (χ4n) is 2.35. The van der Waals surface area contributed by atoms with Crippen LogP contribution in [0.25, 0.3) is 0 Å². The number of urea groups is 1. The first-order chi connectivity index (χ1) is 9.54. The Hall–Kier alpha value is -1.75. The average Bonchev–Trinajstić information content (AvgIpc) is 2.42. The van der Waals surface area contributed by atoms with E-state index in [1.165, 1.54) is 0 Å². The van der Waals surface area contributed by atoms with Gasteiger partial charge in [0.1, 0.15) is 0 Å². The van der Waals surface area contributed by atoms with Crippen LogP contribution in [0.2, 0.25) is 0 Å². The number of nitrogens with one attached hydrogen (secondary N) is 2. The van der Waals surface area contributed by atoms with Crippen molar-refractivity contribution in [3.63, 3.8) is 0 Å². The Labute approximate surface area is 120 Å². The highest BCUT2D eigenvalue weighted by Crippen LogP contribution is 2.15. The second-order valence-electron chi connectivity index (χ2n) is 5.62. The number of anilines is 2. The van der Waals surface area contributed by atoms with Crippen LogP contribution in [0.1, 0.15) is 12.8 Å². The summed E-state index contributed by atoms with van der Waals surface area (Å²) in [5.41, 5.74) is 1.94. The average molecular weight is 276 g/mol. The zero-order valence-electron chi connectivity index (χ0n) is 12.5. The van der Waals surface area contributed by atoms with E-state index >= 15 is 0 Å². The van der Waals surface area contributed by atoms with Crippen molar-refractivity contribution >= 4 is 17.4 Å². The van der Waals surface area contributed by atoms with Gasteiger partial charge in [0.2, 0.25) is 0 Å². The van der Waals surface area contributed by atoms with Crippen LogP contribution in [0.4, 0.5) is 16.2 Å². The maximum absolute atomic E-state index is 11.9. The van der Waals surface area contributed by atoms with Crippen LogP contribution in [0.3, 0.4) is 0 Å². The molecule has 0 unspecified atom stereocenters. The molecule has 0 saturated carbocycles. The van der Waals surface area contributed by atoms with Crippen LogP contribution >= 0.6 is 0 Å². The SMILES string of the molecule is CN1CCC(NC(=O)Nc2ccc(N(C)C)cc2)CC1. The van der Waals surface area contributed by atoms with Gasteiger partial charge in [-0.05, 0) is 57.2 Å². The molecule has 5 heteroatoms.